The molecule has 0 fully saturated rings. The Kier molecular flexibility index (Phi) is 67.6. The van der Waals surface area contributed by atoms with Gasteiger partial charge >= 0.3 is 17.9 Å². The maximum Gasteiger partial charge on any atom is 0.306 e. The lowest BCUT2D eigenvalue weighted by atomic mass is 10.0. The molecule has 0 bridgehead atoms. The van der Waals surface area contributed by atoms with Crippen LogP contribution in [-0.2, 0) is 28.6 Å². The number of hydrogen-bond acceptors (Lipinski definition) is 6. The molecule has 6 heteroatoms. The molecule has 0 rings (SSSR count). The number of carbonyl (C=O) groups is 3. The van der Waals surface area contributed by atoms with Crippen molar-refractivity contribution in [2.75, 3.05) is 13.2 Å². The highest BCUT2D eigenvalue weighted by Crippen LogP contribution is 2.18. The Hall–Kier alpha value is -2.63. The fraction of sp³-hybridized carbons (Fsp3) is 0.853. The van der Waals surface area contributed by atoms with Crippen LogP contribution in [0.15, 0.2) is 48.6 Å². The van der Waals surface area contributed by atoms with Crippen molar-refractivity contribution in [1.82, 2.24) is 0 Å². The number of ether oxygens (including phenoxy) is 3. The van der Waals surface area contributed by atoms with Crippen LogP contribution in [0.25, 0.3) is 0 Å². The van der Waals surface area contributed by atoms with E-state index in [1.165, 1.54) is 276 Å². The minimum Gasteiger partial charge on any atom is -0.462 e. The maximum absolute atomic E-state index is 12.9. The van der Waals surface area contributed by atoms with Gasteiger partial charge in [0.2, 0.25) is 0 Å². The summed E-state index contributed by atoms with van der Waals surface area (Å²) in [7, 11) is 0. The molecule has 1 unspecified atom stereocenters. The number of carbonyl (C=O) groups excluding carboxylic acids is 3. The molecule has 474 valence electrons. The molecule has 6 nitrogen and oxygen atoms in total. The normalized spacial score (nSPS) is 12.3. The zero-order valence-corrected chi connectivity index (χ0v) is 54.6. The summed E-state index contributed by atoms with van der Waals surface area (Å²) in [5.41, 5.74) is 0. The van der Waals surface area contributed by atoms with E-state index in [1.807, 2.05) is 0 Å². The minimum atomic E-state index is -0.774. The molecule has 0 radical (unpaired) electrons. The zero-order chi connectivity index (χ0) is 58.5. The van der Waals surface area contributed by atoms with Crippen LogP contribution in [-0.4, -0.2) is 37.2 Å². The van der Waals surface area contributed by atoms with E-state index in [2.05, 4.69) is 69.4 Å². The highest BCUT2D eigenvalue weighted by molar-refractivity contribution is 5.71. The summed E-state index contributed by atoms with van der Waals surface area (Å²) in [5.74, 6) is -0.857. The molecule has 0 N–H and O–H groups in total. The second-order valence-corrected chi connectivity index (χ2v) is 24.5. The first-order valence-electron chi connectivity index (χ1n) is 36.1. The van der Waals surface area contributed by atoms with Crippen LogP contribution in [0.5, 0.6) is 0 Å². The van der Waals surface area contributed by atoms with Crippen molar-refractivity contribution in [3.8, 4) is 0 Å². The predicted molar refractivity (Wildman–Crippen MR) is 353 cm³/mol. The predicted octanol–water partition coefficient (Wildman–Crippen LogP) is 24.9. The Morgan fingerprint density at radius 2 is 0.444 bits per heavy atom. The molecule has 0 saturated carbocycles. The lowest BCUT2D eigenvalue weighted by molar-refractivity contribution is -0.167. The van der Waals surface area contributed by atoms with Crippen LogP contribution in [0.4, 0.5) is 0 Å². The Morgan fingerprint density at radius 1 is 0.247 bits per heavy atom. The van der Waals surface area contributed by atoms with Gasteiger partial charge in [-0.25, -0.2) is 0 Å². The smallest absolute Gasteiger partial charge is 0.306 e. The molecule has 0 aromatic heterocycles. The molecule has 0 aliphatic rings. The van der Waals surface area contributed by atoms with Gasteiger partial charge in [0.05, 0.1) is 0 Å². The molecule has 0 amide bonds. The van der Waals surface area contributed by atoms with Crippen molar-refractivity contribution >= 4 is 17.9 Å². The highest BCUT2D eigenvalue weighted by atomic mass is 16.6. The van der Waals surface area contributed by atoms with Gasteiger partial charge in [0, 0.05) is 19.3 Å². The topological polar surface area (TPSA) is 78.9 Å². The van der Waals surface area contributed by atoms with E-state index in [9.17, 15) is 14.4 Å². The lowest BCUT2D eigenvalue weighted by Crippen LogP contribution is -2.30. The SMILES string of the molecule is CCCCCCC/C=C\C/C=C\C/C=C\CCCCCCCCCCC(=O)OC(COC(=O)CCCCCCCCCCC)COC(=O)CCCCCCCCCCCCCCCCCCCCC/C=C\CCCCCCCCCC. The van der Waals surface area contributed by atoms with E-state index in [0.717, 1.165) is 77.0 Å². The van der Waals surface area contributed by atoms with E-state index < -0.39 is 6.10 Å². The van der Waals surface area contributed by atoms with Gasteiger partial charge in [-0.15, -0.1) is 0 Å². The van der Waals surface area contributed by atoms with Crippen LogP contribution >= 0.6 is 0 Å². The first-order valence-corrected chi connectivity index (χ1v) is 36.1. The van der Waals surface area contributed by atoms with Crippen molar-refractivity contribution in [3.05, 3.63) is 48.6 Å². The molecule has 0 saturated heterocycles. The average Bonchev–Trinajstić information content (AvgIpc) is 3.47. The van der Waals surface area contributed by atoms with Gasteiger partial charge in [-0.3, -0.25) is 14.4 Å². The first kappa shape index (κ1) is 78.4. The van der Waals surface area contributed by atoms with Crippen LogP contribution < -0.4 is 0 Å². The largest absolute Gasteiger partial charge is 0.462 e. The van der Waals surface area contributed by atoms with E-state index in [-0.39, 0.29) is 31.1 Å². The van der Waals surface area contributed by atoms with Crippen molar-refractivity contribution in [2.24, 2.45) is 0 Å². The van der Waals surface area contributed by atoms with Gasteiger partial charge in [-0.1, -0.05) is 339 Å². The quantitative estimate of drug-likeness (QED) is 0.0261. The molecular weight excluding hydrogens is 997 g/mol. The second kappa shape index (κ2) is 69.9. The van der Waals surface area contributed by atoms with E-state index in [4.69, 9.17) is 14.2 Å². The van der Waals surface area contributed by atoms with Crippen LogP contribution in [0.2, 0.25) is 0 Å². The van der Waals surface area contributed by atoms with Gasteiger partial charge in [0.25, 0.3) is 0 Å². The molecule has 0 aliphatic carbocycles. The van der Waals surface area contributed by atoms with Crippen LogP contribution in [0.1, 0.15) is 393 Å². The van der Waals surface area contributed by atoms with Crippen LogP contribution in [0, 0.1) is 0 Å². The fourth-order valence-electron chi connectivity index (χ4n) is 10.9. The Labute approximate surface area is 505 Å². The summed E-state index contributed by atoms with van der Waals surface area (Å²) in [6, 6.07) is 0. The van der Waals surface area contributed by atoms with Crippen molar-refractivity contribution in [2.45, 2.75) is 399 Å². The molecule has 1 atom stereocenters. The number of esters is 3. The van der Waals surface area contributed by atoms with Gasteiger partial charge in [-0.05, 0) is 83.5 Å². The third-order valence-electron chi connectivity index (χ3n) is 16.3. The summed E-state index contributed by atoms with van der Waals surface area (Å²) < 4.78 is 16.9. The zero-order valence-electron chi connectivity index (χ0n) is 54.6. The first-order chi connectivity index (χ1) is 40.0. The average molecular weight is 1140 g/mol. The van der Waals surface area contributed by atoms with E-state index >= 15 is 0 Å². The number of rotatable bonds is 67. The molecule has 0 spiro atoms. The molecule has 0 aromatic carbocycles. The summed E-state index contributed by atoms with van der Waals surface area (Å²) >= 11 is 0. The third-order valence-corrected chi connectivity index (χ3v) is 16.3. The van der Waals surface area contributed by atoms with E-state index in [1.54, 1.807) is 0 Å². The molecule has 81 heavy (non-hydrogen) atoms. The third kappa shape index (κ3) is 68.0. The molecule has 0 aromatic rings. The summed E-state index contributed by atoms with van der Waals surface area (Å²) in [4.78, 5) is 38.3. The monoisotopic (exact) mass is 1140 g/mol. The fourth-order valence-corrected chi connectivity index (χ4v) is 10.9. The van der Waals surface area contributed by atoms with Crippen molar-refractivity contribution < 1.29 is 28.6 Å². The number of hydrogen-bond donors (Lipinski definition) is 0. The van der Waals surface area contributed by atoms with E-state index in [0.29, 0.717) is 19.3 Å². The molecule has 0 aliphatic heterocycles. The van der Waals surface area contributed by atoms with Gasteiger partial charge in [-0.2, -0.15) is 0 Å². The van der Waals surface area contributed by atoms with Crippen molar-refractivity contribution in [3.63, 3.8) is 0 Å². The molecule has 0 heterocycles. The Balaban J connectivity index is 4.09. The maximum atomic E-state index is 12.9. The van der Waals surface area contributed by atoms with Gasteiger partial charge in [0.1, 0.15) is 13.2 Å². The molecular formula is C75H138O6. The standard InChI is InChI=1S/C75H138O6/c1-4-7-10-13-16-19-21-23-25-27-29-31-33-34-35-36-37-38-39-40-42-43-45-47-49-51-53-56-59-62-65-68-74(77)80-71-72(70-79-73(76)67-64-61-58-55-18-15-12-9-6-3)81-75(78)69-66-63-60-57-54-52-50-48-46-44-41-32-30-28-26-24-22-20-17-14-11-8-5-2/h22,24,27-30,41,44,72H,4-21,23,25-26,31-40,42-43,45-71H2,1-3H3/b24-22-,29-27-,30-28-,44-41-. The second-order valence-electron chi connectivity index (χ2n) is 24.5. The minimum absolute atomic E-state index is 0.0714. The lowest BCUT2D eigenvalue weighted by Gasteiger charge is -2.18. The highest BCUT2D eigenvalue weighted by Gasteiger charge is 2.19. The Bertz CT molecular complexity index is 1400. The van der Waals surface area contributed by atoms with Gasteiger partial charge in [0.15, 0.2) is 6.10 Å². The van der Waals surface area contributed by atoms with Crippen molar-refractivity contribution in [1.29, 1.82) is 0 Å². The number of allylic oxidation sites excluding steroid dienone is 8. The summed E-state index contributed by atoms with van der Waals surface area (Å²) in [5, 5.41) is 0. The summed E-state index contributed by atoms with van der Waals surface area (Å²) in [6.45, 7) is 6.66. The van der Waals surface area contributed by atoms with Crippen LogP contribution in [0.3, 0.4) is 0 Å². The Morgan fingerprint density at radius 3 is 0.704 bits per heavy atom. The number of unbranched alkanes of at least 4 members (excludes halogenated alkanes) is 48. The van der Waals surface area contributed by atoms with Gasteiger partial charge < -0.3 is 14.2 Å². The summed E-state index contributed by atoms with van der Waals surface area (Å²) in [6.07, 6.45) is 88.8.